The number of aromatic nitrogens is 1. The number of hydrogen-bond donors (Lipinski definition) is 1. The highest BCUT2D eigenvalue weighted by atomic mass is 16.5. The summed E-state index contributed by atoms with van der Waals surface area (Å²) in [6.45, 7) is 4.14. The molecule has 3 rings (SSSR count). The van der Waals surface area contributed by atoms with E-state index in [-0.39, 0.29) is 12.3 Å². The predicted octanol–water partition coefficient (Wildman–Crippen LogP) is 4.54. The summed E-state index contributed by atoms with van der Waals surface area (Å²) in [6.07, 6.45) is 2.42. The number of anilines is 1. The van der Waals surface area contributed by atoms with E-state index in [9.17, 15) is 4.79 Å². The van der Waals surface area contributed by atoms with Gasteiger partial charge in [0.2, 0.25) is 5.91 Å². The Balaban J connectivity index is 1.61. The van der Waals surface area contributed by atoms with Crippen molar-refractivity contribution in [2.24, 2.45) is 0 Å². The minimum Gasteiger partial charge on any atom is -0.495 e. The SMILES string of the molecule is COc1ccccc1NC(=O)CCc1ncc(-c2ccc(C)c(C)c2)o1. The fourth-order valence-corrected chi connectivity index (χ4v) is 2.64. The summed E-state index contributed by atoms with van der Waals surface area (Å²) in [7, 11) is 1.58. The molecule has 0 bridgehead atoms. The quantitative estimate of drug-likeness (QED) is 0.709. The Hall–Kier alpha value is -3.08. The number of rotatable bonds is 6. The summed E-state index contributed by atoms with van der Waals surface area (Å²) in [5.41, 5.74) is 4.09. The number of methoxy groups -OCH3 is 1. The Morgan fingerprint density at radius 2 is 1.96 bits per heavy atom. The van der Waals surface area contributed by atoms with E-state index in [4.69, 9.17) is 9.15 Å². The molecule has 1 N–H and O–H groups in total. The standard InChI is InChI=1S/C21H22N2O3/c1-14-8-9-16(12-15(14)2)19-13-22-21(26-19)11-10-20(24)23-17-6-4-5-7-18(17)25-3/h4-9,12-13H,10-11H2,1-3H3,(H,23,24). The normalized spacial score (nSPS) is 10.6. The number of aryl methyl sites for hydroxylation is 3. The van der Waals surface area contributed by atoms with E-state index in [2.05, 4.69) is 36.3 Å². The Kier molecular flexibility index (Phi) is 5.37. The highest BCUT2D eigenvalue weighted by Crippen LogP contribution is 2.25. The molecule has 0 radical (unpaired) electrons. The van der Waals surface area contributed by atoms with E-state index in [1.165, 1.54) is 11.1 Å². The highest BCUT2D eigenvalue weighted by Gasteiger charge is 2.11. The van der Waals surface area contributed by atoms with Gasteiger partial charge in [-0.2, -0.15) is 0 Å². The van der Waals surface area contributed by atoms with E-state index in [0.717, 1.165) is 5.56 Å². The second-order valence-electron chi connectivity index (χ2n) is 6.17. The molecule has 26 heavy (non-hydrogen) atoms. The van der Waals surface area contributed by atoms with Crippen molar-refractivity contribution >= 4 is 11.6 Å². The van der Waals surface area contributed by atoms with Crippen molar-refractivity contribution in [3.05, 3.63) is 65.7 Å². The molecule has 1 aromatic heterocycles. The van der Waals surface area contributed by atoms with Crippen LogP contribution in [0.15, 0.2) is 53.1 Å². The number of para-hydroxylation sites is 2. The largest absolute Gasteiger partial charge is 0.495 e. The molecule has 3 aromatic rings. The Labute approximate surface area is 153 Å². The van der Waals surface area contributed by atoms with E-state index >= 15 is 0 Å². The lowest BCUT2D eigenvalue weighted by Crippen LogP contribution is -2.13. The molecular weight excluding hydrogens is 328 g/mol. The van der Waals surface area contributed by atoms with Gasteiger partial charge < -0.3 is 14.5 Å². The maximum atomic E-state index is 12.2. The first-order chi connectivity index (χ1) is 12.6. The fraction of sp³-hybridized carbons (Fsp3) is 0.238. The van der Waals surface area contributed by atoms with Gasteiger partial charge in [0.05, 0.1) is 19.0 Å². The van der Waals surface area contributed by atoms with Crippen molar-refractivity contribution in [3.8, 4) is 17.1 Å². The average Bonchev–Trinajstić information content (AvgIpc) is 3.12. The molecule has 0 aliphatic carbocycles. The van der Waals surface area contributed by atoms with Gasteiger partial charge in [-0.3, -0.25) is 4.79 Å². The molecular formula is C21H22N2O3. The number of ether oxygens (including phenoxy) is 1. The van der Waals surface area contributed by atoms with Crippen LogP contribution in [-0.4, -0.2) is 18.0 Å². The third-order valence-electron chi connectivity index (χ3n) is 4.29. The number of amides is 1. The van der Waals surface area contributed by atoms with Gasteiger partial charge in [0.1, 0.15) is 5.75 Å². The molecule has 0 fully saturated rings. The summed E-state index contributed by atoms with van der Waals surface area (Å²) in [6, 6.07) is 13.5. The molecule has 1 amide bonds. The van der Waals surface area contributed by atoms with Crippen molar-refractivity contribution in [1.82, 2.24) is 4.98 Å². The van der Waals surface area contributed by atoms with Crippen LogP contribution in [0.4, 0.5) is 5.69 Å². The molecule has 0 spiro atoms. The van der Waals surface area contributed by atoms with Gasteiger partial charge in [-0.15, -0.1) is 0 Å². The number of benzene rings is 2. The lowest BCUT2D eigenvalue weighted by Gasteiger charge is -2.09. The van der Waals surface area contributed by atoms with Crippen molar-refractivity contribution in [2.75, 3.05) is 12.4 Å². The minimum absolute atomic E-state index is 0.111. The number of hydrogen-bond acceptors (Lipinski definition) is 4. The van der Waals surface area contributed by atoms with Crippen LogP contribution in [0.1, 0.15) is 23.4 Å². The number of nitrogens with one attached hydrogen (secondary N) is 1. The average molecular weight is 350 g/mol. The molecule has 5 nitrogen and oxygen atoms in total. The zero-order valence-electron chi connectivity index (χ0n) is 15.2. The summed E-state index contributed by atoms with van der Waals surface area (Å²) in [4.78, 5) is 16.5. The van der Waals surface area contributed by atoms with Crippen LogP contribution in [0, 0.1) is 13.8 Å². The smallest absolute Gasteiger partial charge is 0.224 e. The van der Waals surface area contributed by atoms with Crippen LogP contribution in [0.5, 0.6) is 5.75 Å². The Morgan fingerprint density at radius 1 is 1.15 bits per heavy atom. The van der Waals surface area contributed by atoms with Crippen LogP contribution in [0.25, 0.3) is 11.3 Å². The third-order valence-corrected chi connectivity index (χ3v) is 4.29. The lowest BCUT2D eigenvalue weighted by molar-refractivity contribution is -0.116. The molecule has 1 heterocycles. The van der Waals surface area contributed by atoms with Gasteiger partial charge in [-0.25, -0.2) is 4.98 Å². The van der Waals surface area contributed by atoms with Gasteiger partial charge in [0.15, 0.2) is 11.7 Å². The molecule has 0 aliphatic heterocycles. The predicted molar refractivity (Wildman–Crippen MR) is 101 cm³/mol. The maximum Gasteiger partial charge on any atom is 0.224 e. The molecule has 0 saturated carbocycles. The van der Waals surface area contributed by atoms with Crippen LogP contribution in [-0.2, 0) is 11.2 Å². The van der Waals surface area contributed by atoms with Gasteiger partial charge in [-0.1, -0.05) is 24.3 Å². The first-order valence-corrected chi connectivity index (χ1v) is 8.52. The molecule has 0 unspecified atom stereocenters. The van der Waals surface area contributed by atoms with Gasteiger partial charge in [0.25, 0.3) is 0 Å². The van der Waals surface area contributed by atoms with E-state index in [1.54, 1.807) is 25.4 Å². The molecule has 0 aliphatic rings. The maximum absolute atomic E-state index is 12.2. The fourth-order valence-electron chi connectivity index (χ4n) is 2.64. The first kappa shape index (κ1) is 17.7. The summed E-state index contributed by atoms with van der Waals surface area (Å²) in [5, 5.41) is 2.85. The van der Waals surface area contributed by atoms with Crippen molar-refractivity contribution in [2.45, 2.75) is 26.7 Å². The topological polar surface area (TPSA) is 64.4 Å². The second-order valence-corrected chi connectivity index (χ2v) is 6.17. The molecule has 5 heteroatoms. The number of carbonyl (C=O) groups is 1. The van der Waals surface area contributed by atoms with Crippen LogP contribution in [0.3, 0.4) is 0 Å². The van der Waals surface area contributed by atoms with Gasteiger partial charge in [-0.05, 0) is 43.2 Å². The number of carbonyl (C=O) groups excluding carboxylic acids is 1. The molecule has 2 aromatic carbocycles. The van der Waals surface area contributed by atoms with Crippen LogP contribution < -0.4 is 10.1 Å². The molecule has 134 valence electrons. The van der Waals surface area contributed by atoms with Crippen molar-refractivity contribution in [1.29, 1.82) is 0 Å². The lowest BCUT2D eigenvalue weighted by atomic mass is 10.1. The zero-order chi connectivity index (χ0) is 18.5. The number of oxazole rings is 1. The summed E-state index contributed by atoms with van der Waals surface area (Å²) < 4.78 is 11.0. The summed E-state index contributed by atoms with van der Waals surface area (Å²) >= 11 is 0. The monoisotopic (exact) mass is 350 g/mol. The Morgan fingerprint density at radius 3 is 2.73 bits per heavy atom. The van der Waals surface area contributed by atoms with Gasteiger partial charge >= 0.3 is 0 Å². The Bertz CT molecular complexity index is 915. The first-order valence-electron chi connectivity index (χ1n) is 8.52. The van der Waals surface area contributed by atoms with Gasteiger partial charge in [0, 0.05) is 18.4 Å². The van der Waals surface area contributed by atoms with Crippen molar-refractivity contribution < 1.29 is 13.9 Å². The van der Waals surface area contributed by atoms with Crippen LogP contribution >= 0.6 is 0 Å². The second kappa shape index (κ2) is 7.87. The van der Waals surface area contributed by atoms with E-state index < -0.39 is 0 Å². The minimum atomic E-state index is -0.111. The third kappa shape index (κ3) is 4.11. The number of nitrogens with zero attached hydrogens (tertiary/aromatic N) is 1. The highest BCUT2D eigenvalue weighted by molar-refractivity contribution is 5.92. The van der Waals surface area contributed by atoms with E-state index in [0.29, 0.717) is 29.5 Å². The zero-order valence-corrected chi connectivity index (χ0v) is 15.2. The van der Waals surface area contributed by atoms with Crippen LogP contribution in [0.2, 0.25) is 0 Å². The summed E-state index contributed by atoms with van der Waals surface area (Å²) in [5.74, 6) is 1.79. The van der Waals surface area contributed by atoms with E-state index in [1.807, 2.05) is 18.2 Å². The molecule has 0 atom stereocenters. The van der Waals surface area contributed by atoms with Crippen molar-refractivity contribution in [3.63, 3.8) is 0 Å². The molecule has 0 saturated heterocycles.